The lowest BCUT2D eigenvalue weighted by atomic mass is 9.52. The first-order chi connectivity index (χ1) is 11.8. The van der Waals surface area contributed by atoms with Crippen molar-refractivity contribution in [3.63, 3.8) is 0 Å². The molecule has 136 valence electrons. The molecule has 0 aliphatic heterocycles. The van der Waals surface area contributed by atoms with E-state index < -0.39 is 12.2 Å². The number of aliphatic hydroxyl groups is 2. The molecule has 4 aliphatic carbocycles. The summed E-state index contributed by atoms with van der Waals surface area (Å²) in [5.74, 6) is 0.131. The number of hydrogen-bond acceptors (Lipinski definition) is 4. The Labute approximate surface area is 149 Å². The van der Waals surface area contributed by atoms with Gasteiger partial charge >= 0.3 is 5.97 Å². The van der Waals surface area contributed by atoms with Crippen LogP contribution in [-0.2, 0) is 9.53 Å². The summed E-state index contributed by atoms with van der Waals surface area (Å²) in [6.45, 7) is 5.87. The van der Waals surface area contributed by atoms with Gasteiger partial charge in [0, 0.05) is 23.7 Å². The monoisotopic (exact) mass is 344 g/mol. The van der Waals surface area contributed by atoms with Crippen LogP contribution in [0.5, 0.6) is 0 Å². The zero-order valence-corrected chi connectivity index (χ0v) is 15.2. The summed E-state index contributed by atoms with van der Waals surface area (Å²) in [4.78, 5) is 11.8. The van der Waals surface area contributed by atoms with Gasteiger partial charge in [-0.15, -0.1) is 0 Å². The lowest BCUT2D eigenvalue weighted by Gasteiger charge is -2.54. The minimum absolute atomic E-state index is 0.0894. The van der Waals surface area contributed by atoms with Crippen LogP contribution in [0.3, 0.4) is 0 Å². The van der Waals surface area contributed by atoms with Crippen molar-refractivity contribution >= 4 is 5.97 Å². The molecule has 0 aromatic carbocycles. The van der Waals surface area contributed by atoms with Crippen molar-refractivity contribution in [1.82, 2.24) is 0 Å². The maximum absolute atomic E-state index is 11.8. The molecular weight excluding hydrogens is 316 g/mol. The predicted molar refractivity (Wildman–Crippen MR) is 94.5 cm³/mol. The Balaban J connectivity index is 1.85. The van der Waals surface area contributed by atoms with E-state index in [2.05, 4.69) is 26.0 Å². The van der Waals surface area contributed by atoms with Crippen molar-refractivity contribution in [3.8, 4) is 0 Å². The van der Waals surface area contributed by atoms with E-state index in [0.717, 1.165) is 19.3 Å². The average molecular weight is 344 g/mol. The number of esters is 1. The summed E-state index contributed by atoms with van der Waals surface area (Å²) < 4.78 is 5.76. The van der Waals surface area contributed by atoms with Crippen LogP contribution in [0.1, 0.15) is 46.5 Å². The van der Waals surface area contributed by atoms with Gasteiger partial charge in [0.2, 0.25) is 0 Å². The van der Waals surface area contributed by atoms with Gasteiger partial charge in [0.15, 0.2) is 0 Å². The summed E-state index contributed by atoms with van der Waals surface area (Å²) in [6, 6.07) is 0. The first-order valence-electron chi connectivity index (χ1n) is 9.40. The second kappa shape index (κ2) is 5.55. The normalized spacial score (nSPS) is 48.0. The molecule has 0 aromatic heterocycles. The number of rotatable bonds is 1. The van der Waals surface area contributed by atoms with Crippen molar-refractivity contribution < 1.29 is 19.7 Å². The highest BCUT2D eigenvalue weighted by molar-refractivity contribution is 5.67. The Hall–Kier alpha value is -1.39. The lowest BCUT2D eigenvalue weighted by Crippen LogP contribution is -2.49. The Kier molecular flexibility index (Phi) is 3.79. The number of hydrogen-bond donors (Lipinski definition) is 2. The molecule has 0 saturated carbocycles. The third-order valence-electron chi connectivity index (χ3n) is 7.31. The van der Waals surface area contributed by atoms with Gasteiger partial charge in [-0.2, -0.15) is 0 Å². The third kappa shape index (κ3) is 2.37. The van der Waals surface area contributed by atoms with Gasteiger partial charge < -0.3 is 14.9 Å². The van der Waals surface area contributed by atoms with Crippen molar-refractivity contribution in [2.75, 3.05) is 0 Å². The molecule has 4 heteroatoms. The predicted octanol–water partition coefficient (Wildman–Crippen LogP) is 2.91. The summed E-state index contributed by atoms with van der Waals surface area (Å²) in [5, 5.41) is 20.6. The summed E-state index contributed by atoms with van der Waals surface area (Å²) in [7, 11) is 0. The topological polar surface area (TPSA) is 66.8 Å². The smallest absolute Gasteiger partial charge is 0.303 e. The van der Waals surface area contributed by atoms with Crippen molar-refractivity contribution in [2.45, 2.75) is 64.8 Å². The molecule has 25 heavy (non-hydrogen) atoms. The third-order valence-corrected chi connectivity index (χ3v) is 7.31. The largest absolute Gasteiger partial charge is 0.458 e. The molecule has 0 aromatic rings. The molecule has 4 aliphatic rings. The Bertz CT molecular complexity index is 690. The average Bonchev–Trinajstić information content (AvgIpc) is 2.84. The van der Waals surface area contributed by atoms with Gasteiger partial charge in [-0.1, -0.05) is 43.7 Å². The van der Waals surface area contributed by atoms with Gasteiger partial charge in [0.1, 0.15) is 6.10 Å². The fraction of sp³-hybridized carbons (Fsp3) is 0.667. The van der Waals surface area contributed by atoms with E-state index in [1.807, 2.05) is 12.2 Å². The molecule has 4 rings (SSSR count). The molecule has 0 unspecified atom stereocenters. The maximum Gasteiger partial charge on any atom is 0.303 e. The van der Waals surface area contributed by atoms with Gasteiger partial charge in [0.25, 0.3) is 0 Å². The number of ether oxygens (including phenoxy) is 1. The van der Waals surface area contributed by atoms with Gasteiger partial charge in [0.05, 0.1) is 12.2 Å². The highest BCUT2D eigenvalue weighted by Crippen LogP contribution is 2.61. The van der Waals surface area contributed by atoms with Crippen LogP contribution in [0, 0.1) is 22.7 Å². The minimum atomic E-state index is -0.446. The van der Waals surface area contributed by atoms with Gasteiger partial charge in [-0.3, -0.25) is 4.79 Å². The second-order valence-corrected chi connectivity index (χ2v) is 8.72. The lowest BCUT2D eigenvalue weighted by molar-refractivity contribution is -0.147. The highest BCUT2D eigenvalue weighted by Gasteiger charge is 2.55. The van der Waals surface area contributed by atoms with Crippen LogP contribution >= 0.6 is 0 Å². The van der Waals surface area contributed by atoms with Crippen LogP contribution in [0.15, 0.2) is 35.5 Å². The van der Waals surface area contributed by atoms with E-state index >= 15 is 0 Å². The van der Waals surface area contributed by atoms with Crippen LogP contribution in [0.25, 0.3) is 0 Å². The van der Waals surface area contributed by atoms with Crippen LogP contribution in [0.4, 0.5) is 0 Å². The Morgan fingerprint density at radius 1 is 1.20 bits per heavy atom. The summed E-state index contributed by atoms with van der Waals surface area (Å²) in [6.07, 6.45) is 10.3. The first kappa shape index (κ1) is 17.0. The molecule has 0 fully saturated rings. The number of aliphatic hydroxyl groups excluding tert-OH is 2. The van der Waals surface area contributed by atoms with E-state index in [0.29, 0.717) is 6.42 Å². The number of carbonyl (C=O) groups is 1. The van der Waals surface area contributed by atoms with Crippen molar-refractivity contribution in [3.05, 3.63) is 35.5 Å². The second-order valence-electron chi connectivity index (χ2n) is 8.72. The van der Waals surface area contributed by atoms with Crippen LogP contribution in [-0.4, -0.2) is 34.5 Å². The maximum atomic E-state index is 11.8. The molecule has 4 nitrogen and oxygen atoms in total. The number of fused-ring (bicyclic) bond motifs is 4. The standard InChI is InChI=1S/C21H28O4/c1-12(22)25-17-11-13-10-14(23)6-8-20(13,2)16-7-9-21(3)15(19(16)17)4-5-18(21)24/h4-6,8,13-15,17-18,23-24H,7,9-11H2,1-3H3/t13-,14-,15-,17-,18-,20-,21-/m0/s1. The molecular formula is C21H28O4. The molecule has 0 spiro atoms. The molecule has 2 N–H and O–H groups in total. The Morgan fingerprint density at radius 3 is 2.68 bits per heavy atom. The molecule has 0 amide bonds. The fourth-order valence-corrected chi connectivity index (χ4v) is 5.75. The zero-order chi connectivity index (χ0) is 18.0. The number of allylic oxidation sites excluding steroid dienone is 3. The minimum Gasteiger partial charge on any atom is -0.458 e. The van der Waals surface area contributed by atoms with E-state index in [4.69, 9.17) is 4.74 Å². The van der Waals surface area contributed by atoms with E-state index in [1.54, 1.807) is 0 Å². The number of carbonyl (C=O) groups excluding carboxylic acids is 1. The first-order valence-corrected chi connectivity index (χ1v) is 9.40. The van der Waals surface area contributed by atoms with Crippen molar-refractivity contribution in [2.24, 2.45) is 22.7 Å². The van der Waals surface area contributed by atoms with E-state index in [1.165, 1.54) is 18.1 Å². The van der Waals surface area contributed by atoms with Gasteiger partial charge in [-0.05, 0) is 37.2 Å². The van der Waals surface area contributed by atoms with E-state index in [-0.39, 0.29) is 34.7 Å². The van der Waals surface area contributed by atoms with Crippen LogP contribution < -0.4 is 0 Å². The van der Waals surface area contributed by atoms with Crippen LogP contribution in [0.2, 0.25) is 0 Å². The molecule has 0 heterocycles. The molecule has 0 bridgehead atoms. The quantitative estimate of drug-likeness (QED) is 0.567. The van der Waals surface area contributed by atoms with E-state index in [9.17, 15) is 15.0 Å². The summed E-state index contributed by atoms with van der Waals surface area (Å²) in [5.41, 5.74) is 2.27. The SMILES string of the molecule is CC(=O)O[C@H]1C[C@@H]2C[C@@H](O)C=C[C@]2(C)C2=C1[C@@H]1C=C[C@H](O)[C@@]1(C)CC2. The molecule has 0 radical (unpaired) electrons. The zero-order valence-electron chi connectivity index (χ0n) is 15.2. The van der Waals surface area contributed by atoms with Crippen molar-refractivity contribution in [1.29, 1.82) is 0 Å². The highest BCUT2D eigenvalue weighted by atomic mass is 16.5. The fourth-order valence-electron chi connectivity index (χ4n) is 5.75. The summed E-state index contributed by atoms with van der Waals surface area (Å²) >= 11 is 0. The Morgan fingerprint density at radius 2 is 1.96 bits per heavy atom. The molecule has 7 atom stereocenters. The van der Waals surface area contributed by atoms with Gasteiger partial charge in [-0.25, -0.2) is 0 Å². The molecule has 0 saturated heterocycles.